The molecule has 4 nitrogen and oxygen atoms in total. The van der Waals surface area contributed by atoms with E-state index in [4.69, 9.17) is 0 Å². The number of carbonyl (C=O) groups excluding carboxylic acids is 1. The maximum atomic E-state index is 14.3. The van der Waals surface area contributed by atoms with Crippen LogP contribution in [0.2, 0.25) is 0 Å². The van der Waals surface area contributed by atoms with Gasteiger partial charge < -0.3 is 15.3 Å². The fraction of sp³-hybridized carbons (Fsp3) is 0.278. The van der Waals surface area contributed by atoms with Gasteiger partial charge in [0.25, 0.3) is 5.91 Å². The molecule has 0 saturated heterocycles. The third-order valence-electron chi connectivity index (χ3n) is 4.37. The average Bonchev–Trinajstić information content (AvgIpc) is 2.58. The van der Waals surface area contributed by atoms with E-state index in [1.165, 1.54) is 18.2 Å². The lowest BCUT2D eigenvalue weighted by atomic mass is 9.87. The summed E-state index contributed by atoms with van der Waals surface area (Å²) < 4.78 is 43.6. The van der Waals surface area contributed by atoms with Crippen LogP contribution in [-0.4, -0.2) is 40.9 Å². The Morgan fingerprint density at radius 3 is 2.50 bits per heavy atom. The number of anilines is 1. The van der Waals surface area contributed by atoms with Crippen molar-refractivity contribution in [1.82, 2.24) is 4.90 Å². The van der Waals surface area contributed by atoms with Crippen molar-refractivity contribution in [1.29, 1.82) is 0 Å². The first kappa shape index (κ1) is 19.0. The lowest BCUT2D eigenvalue weighted by Crippen LogP contribution is -2.69. The van der Waals surface area contributed by atoms with Crippen molar-refractivity contribution in [3.05, 3.63) is 63.2 Å². The topological polar surface area (TPSA) is 52.6 Å². The number of para-hydroxylation sites is 1. The van der Waals surface area contributed by atoms with E-state index in [0.29, 0.717) is 10.5 Å². The molecular formula is C18H16F3IN2O2. The number of rotatable bonds is 4. The molecule has 2 N–H and O–H groups in total. The first-order valence-electron chi connectivity index (χ1n) is 7.90. The molecule has 0 fully saturated rings. The molecule has 1 atom stereocenters. The molecule has 0 radical (unpaired) electrons. The van der Waals surface area contributed by atoms with E-state index < -0.39 is 37.3 Å². The summed E-state index contributed by atoms with van der Waals surface area (Å²) in [6.45, 7) is -0.997. The summed E-state index contributed by atoms with van der Waals surface area (Å²) in [6, 6.07) is 12.8. The highest BCUT2D eigenvalue weighted by Crippen LogP contribution is 2.43. The van der Waals surface area contributed by atoms with Gasteiger partial charge in [-0.3, -0.25) is 4.79 Å². The maximum absolute atomic E-state index is 14.3. The van der Waals surface area contributed by atoms with Crippen molar-refractivity contribution < 1.29 is 23.1 Å². The summed E-state index contributed by atoms with van der Waals surface area (Å²) in [5, 5.41) is 11.8. The Morgan fingerprint density at radius 2 is 1.88 bits per heavy atom. The van der Waals surface area contributed by atoms with Crippen LogP contribution in [0, 0.1) is 3.57 Å². The third-order valence-corrected chi connectivity index (χ3v) is 5.04. The first-order valence-corrected chi connectivity index (χ1v) is 8.97. The summed E-state index contributed by atoms with van der Waals surface area (Å²) in [7, 11) is 0. The van der Waals surface area contributed by atoms with Crippen LogP contribution in [0.3, 0.4) is 0 Å². The highest BCUT2D eigenvalue weighted by Gasteiger charge is 2.62. The monoisotopic (exact) mass is 476 g/mol. The second-order valence-corrected chi connectivity index (χ2v) is 7.25. The summed E-state index contributed by atoms with van der Waals surface area (Å²) in [6.07, 6.45) is -5.20. The van der Waals surface area contributed by atoms with E-state index in [-0.39, 0.29) is 11.3 Å². The molecule has 138 valence electrons. The van der Waals surface area contributed by atoms with Crippen LogP contribution in [0.15, 0.2) is 48.5 Å². The average molecular weight is 476 g/mol. The first-order chi connectivity index (χ1) is 12.3. The number of hydrogen-bond acceptors (Lipinski definition) is 3. The molecule has 1 unspecified atom stereocenters. The molecule has 1 amide bonds. The number of benzene rings is 2. The minimum Gasteiger partial charge on any atom is -0.395 e. The summed E-state index contributed by atoms with van der Waals surface area (Å²) in [5.74, 6) is -0.752. The lowest BCUT2D eigenvalue weighted by molar-refractivity contribution is -0.216. The van der Waals surface area contributed by atoms with Gasteiger partial charge in [-0.05, 0) is 58.5 Å². The lowest BCUT2D eigenvalue weighted by Gasteiger charge is -2.48. The van der Waals surface area contributed by atoms with Crippen molar-refractivity contribution >= 4 is 34.2 Å². The zero-order chi connectivity index (χ0) is 18.9. The van der Waals surface area contributed by atoms with Gasteiger partial charge in [-0.25, -0.2) is 0 Å². The van der Waals surface area contributed by atoms with Crippen LogP contribution in [-0.2, 0) is 6.42 Å². The molecular weight excluding hydrogens is 460 g/mol. The van der Waals surface area contributed by atoms with Crippen LogP contribution in [0.1, 0.15) is 15.9 Å². The van der Waals surface area contributed by atoms with Gasteiger partial charge in [-0.2, -0.15) is 13.2 Å². The Hall–Kier alpha value is -1.81. The summed E-state index contributed by atoms with van der Waals surface area (Å²) in [5.41, 5.74) is -1.83. The van der Waals surface area contributed by atoms with Gasteiger partial charge in [0.15, 0.2) is 0 Å². The fourth-order valence-electron chi connectivity index (χ4n) is 3.20. The van der Waals surface area contributed by atoms with E-state index in [9.17, 15) is 23.1 Å². The molecule has 1 aliphatic rings. The number of nitrogens with one attached hydrogen (secondary N) is 1. The quantitative estimate of drug-likeness (QED) is 0.663. The Bertz CT molecular complexity index is 814. The van der Waals surface area contributed by atoms with Crippen molar-refractivity contribution in [2.45, 2.75) is 18.3 Å². The van der Waals surface area contributed by atoms with Gasteiger partial charge in [-0.1, -0.05) is 18.2 Å². The minimum atomic E-state index is -4.76. The standard InChI is InChI=1S/C18H16F3IN2O2/c19-18(20,21)17(23-14-4-2-1-3-5-14)11-12-10-13(22)6-7-15(12)16(26)24(17)8-9-25/h1-7,10,23,25H,8-9,11H2. The van der Waals surface area contributed by atoms with Crippen molar-refractivity contribution in [3.63, 3.8) is 0 Å². The largest absolute Gasteiger partial charge is 0.430 e. The van der Waals surface area contributed by atoms with E-state index in [1.807, 2.05) is 22.6 Å². The third kappa shape index (κ3) is 3.27. The molecule has 0 bridgehead atoms. The van der Waals surface area contributed by atoms with Gasteiger partial charge in [-0.15, -0.1) is 0 Å². The molecule has 2 aromatic carbocycles. The highest BCUT2D eigenvalue weighted by atomic mass is 127. The molecule has 26 heavy (non-hydrogen) atoms. The molecule has 1 heterocycles. The number of carbonyl (C=O) groups is 1. The van der Waals surface area contributed by atoms with Gasteiger partial charge in [0.2, 0.25) is 5.66 Å². The maximum Gasteiger partial charge on any atom is 0.430 e. The van der Waals surface area contributed by atoms with E-state index in [1.54, 1.807) is 30.3 Å². The molecule has 0 spiro atoms. The molecule has 0 aromatic heterocycles. The SMILES string of the molecule is O=C1c2ccc(I)cc2CC(Nc2ccccc2)(C(F)(F)F)N1CCO. The Balaban J connectivity index is 2.17. The number of β-amino-alcohol motifs (C(OH)–C–C–N with tert-alkyl or cyclic N) is 1. The predicted molar refractivity (Wildman–Crippen MR) is 99.8 cm³/mol. The Labute approximate surface area is 162 Å². The van der Waals surface area contributed by atoms with Crippen molar-refractivity contribution in [2.24, 2.45) is 0 Å². The number of fused-ring (bicyclic) bond motifs is 1. The zero-order valence-corrected chi connectivity index (χ0v) is 15.7. The molecule has 0 saturated carbocycles. The molecule has 8 heteroatoms. The number of nitrogens with zero attached hydrogens (tertiary/aromatic N) is 1. The van der Waals surface area contributed by atoms with Crippen LogP contribution < -0.4 is 5.32 Å². The Morgan fingerprint density at radius 1 is 1.19 bits per heavy atom. The number of aliphatic hydroxyl groups is 1. The van der Waals surface area contributed by atoms with Gasteiger partial charge in [0.05, 0.1) is 6.61 Å². The number of aliphatic hydroxyl groups excluding tert-OH is 1. The van der Waals surface area contributed by atoms with Crippen molar-refractivity contribution in [3.8, 4) is 0 Å². The number of halogens is 4. The zero-order valence-electron chi connectivity index (χ0n) is 13.6. The van der Waals surface area contributed by atoms with E-state index in [2.05, 4.69) is 5.32 Å². The van der Waals surface area contributed by atoms with Gasteiger partial charge in [0, 0.05) is 27.8 Å². The number of alkyl halides is 3. The summed E-state index contributed by atoms with van der Waals surface area (Å²) >= 11 is 2.00. The van der Waals surface area contributed by atoms with Crippen LogP contribution >= 0.6 is 22.6 Å². The smallest absolute Gasteiger partial charge is 0.395 e. The number of amides is 1. The van der Waals surface area contributed by atoms with Gasteiger partial charge in [0.1, 0.15) is 0 Å². The second-order valence-electron chi connectivity index (χ2n) is 6.01. The number of hydrogen-bond donors (Lipinski definition) is 2. The minimum absolute atomic E-state index is 0.230. The normalized spacial score (nSPS) is 20.0. The van der Waals surface area contributed by atoms with Gasteiger partial charge >= 0.3 is 6.18 Å². The second kappa shape index (κ2) is 7.07. The van der Waals surface area contributed by atoms with Crippen molar-refractivity contribution in [2.75, 3.05) is 18.5 Å². The highest BCUT2D eigenvalue weighted by molar-refractivity contribution is 14.1. The van der Waals surface area contributed by atoms with Crippen LogP contribution in [0.5, 0.6) is 0 Å². The molecule has 1 aliphatic heterocycles. The van der Waals surface area contributed by atoms with Crippen LogP contribution in [0.25, 0.3) is 0 Å². The van der Waals surface area contributed by atoms with E-state index >= 15 is 0 Å². The van der Waals surface area contributed by atoms with Crippen LogP contribution in [0.4, 0.5) is 18.9 Å². The molecule has 0 aliphatic carbocycles. The molecule has 2 aromatic rings. The predicted octanol–water partition coefficient (Wildman–Crippen LogP) is 3.65. The Kier molecular flexibility index (Phi) is 5.16. The van der Waals surface area contributed by atoms with E-state index in [0.717, 1.165) is 3.57 Å². The summed E-state index contributed by atoms with van der Waals surface area (Å²) in [4.78, 5) is 13.5. The molecule has 3 rings (SSSR count). The fourth-order valence-corrected chi connectivity index (χ4v) is 3.75.